The van der Waals surface area contributed by atoms with Gasteiger partial charge in [-0.05, 0) is 73.2 Å². The number of hydrogen-bond donors (Lipinski definition) is 0. The standard InChI is InChI=1S/C32H22S4/c1-21-3-7-23(8-4-21)11-13-25-17-29-31(33-25)19-27(35-29)15-16-28-20-32-30(36-28)18-26(34-32)14-12-24-9-5-22(2)6-10-24/h3-14,17-20H,1-2H3/b13-11+,14-12+. The van der Waals surface area contributed by atoms with E-state index in [0.29, 0.717) is 0 Å². The Kier molecular flexibility index (Phi) is 6.48. The highest BCUT2D eigenvalue weighted by Gasteiger charge is 2.06. The van der Waals surface area contributed by atoms with Gasteiger partial charge in [-0.25, -0.2) is 0 Å². The summed E-state index contributed by atoms with van der Waals surface area (Å²) in [7, 11) is 0. The molecule has 0 nitrogen and oxygen atoms in total. The van der Waals surface area contributed by atoms with Crippen molar-refractivity contribution in [2.24, 2.45) is 0 Å². The maximum atomic E-state index is 3.39. The van der Waals surface area contributed by atoms with Crippen molar-refractivity contribution in [3.05, 3.63) is 115 Å². The second kappa shape index (κ2) is 10.0. The summed E-state index contributed by atoms with van der Waals surface area (Å²) < 4.78 is 5.24. The van der Waals surface area contributed by atoms with Gasteiger partial charge >= 0.3 is 0 Å². The molecule has 0 bridgehead atoms. The number of benzene rings is 2. The maximum absolute atomic E-state index is 3.39. The summed E-state index contributed by atoms with van der Waals surface area (Å²) in [5.74, 6) is 6.79. The fourth-order valence-electron chi connectivity index (χ4n) is 3.83. The highest BCUT2D eigenvalue weighted by molar-refractivity contribution is 7.29. The minimum Gasteiger partial charge on any atom is -0.135 e. The SMILES string of the molecule is Cc1ccc(/C=C/c2cc3sc(C#Cc4cc5sc(/C=C/c6ccc(C)cc6)cc5s4)cc3s2)cc1. The molecule has 2 aromatic carbocycles. The van der Waals surface area contributed by atoms with Crippen LogP contribution in [0.4, 0.5) is 0 Å². The van der Waals surface area contributed by atoms with Gasteiger partial charge in [-0.3, -0.25) is 0 Å². The first-order valence-electron chi connectivity index (χ1n) is 11.7. The second-order valence-corrected chi connectivity index (χ2v) is 13.1. The molecular formula is C32H22S4. The van der Waals surface area contributed by atoms with Gasteiger partial charge in [-0.15, -0.1) is 45.3 Å². The Labute approximate surface area is 227 Å². The Morgan fingerprint density at radius 3 is 1.25 bits per heavy atom. The number of fused-ring (bicyclic) bond motifs is 2. The highest BCUT2D eigenvalue weighted by atomic mass is 32.1. The quantitative estimate of drug-likeness (QED) is 0.197. The third-order valence-electron chi connectivity index (χ3n) is 5.80. The van der Waals surface area contributed by atoms with Crippen LogP contribution in [0.25, 0.3) is 43.1 Å². The third kappa shape index (κ3) is 5.31. The topological polar surface area (TPSA) is 0 Å². The van der Waals surface area contributed by atoms with Gasteiger partial charge in [-0.2, -0.15) is 0 Å². The van der Waals surface area contributed by atoms with Crippen molar-refractivity contribution in [1.82, 2.24) is 0 Å². The lowest BCUT2D eigenvalue weighted by Gasteiger charge is -1.93. The van der Waals surface area contributed by atoms with E-state index in [9.17, 15) is 0 Å². The van der Waals surface area contributed by atoms with Crippen molar-refractivity contribution < 1.29 is 0 Å². The van der Waals surface area contributed by atoms with Gasteiger partial charge in [0.15, 0.2) is 0 Å². The minimum atomic E-state index is 1.13. The van der Waals surface area contributed by atoms with Gasteiger partial charge in [0.1, 0.15) is 0 Å². The van der Waals surface area contributed by atoms with Crippen molar-refractivity contribution in [1.29, 1.82) is 0 Å². The van der Waals surface area contributed by atoms with Crippen LogP contribution in [0.1, 0.15) is 41.8 Å². The number of hydrogen-bond acceptors (Lipinski definition) is 4. The van der Waals surface area contributed by atoms with Gasteiger partial charge in [-0.1, -0.05) is 71.8 Å². The molecule has 0 aliphatic rings. The monoisotopic (exact) mass is 534 g/mol. The van der Waals surface area contributed by atoms with Crippen LogP contribution < -0.4 is 0 Å². The van der Waals surface area contributed by atoms with E-state index in [1.165, 1.54) is 50.8 Å². The molecule has 36 heavy (non-hydrogen) atoms. The lowest BCUT2D eigenvalue weighted by Crippen LogP contribution is -1.72. The second-order valence-electron chi connectivity index (χ2n) is 8.71. The molecule has 0 fully saturated rings. The Morgan fingerprint density at radius 1 is 0.472 bits per heavy atom. The molecule has 4 heterocycles. The summed E-state index contributed by atoms with van der Waals surface area (Å²) in [6.07, 6.45) is 8.77. The molecule has 174 valence electrons. The predicted octanol–water partition coefficient (Wildman–Crippen LogP) is 10.6. The van der Waals surface area contributed by atoms with E-state index in [4.69, 9.17) is 0 Å². The van der Waals surface area contributed by atoms with Crippen molar-refractivity contribution in [2.75, 3.05) is 0 Å². The fourth-order valence-corrected chi connectivity index (χ4v) is 8.16. The minimum absolute atomic E-state index is 1.13. The van der Waals surface area contributed by atoms with Gasteiger partial charge < -0.3 is 0 Å². The Hall–Kier alpha value is -3.20. The van der Waals surface area contributed by atoms with Crippen LogP contribution in [0.15, 0.2) is 72.8 Å². The van der Waals surface area contributed by atoms with Crippen LogP contribution >= 0.6 is 45.3 Å². The zero-order chi connectivity index (χ0) is 24.5. The molecule has 4 aromatic heterocycles. The van der Waals surface area contributed by atoms with Gasteiger partial charge in [0.2, 0.25) is 0 Å². The molecule has 0 spiro atoms. The van der Waals surface area contributed by atoms with Gasteiger partial charge in [0, 0.05) is 28.6 Å². The fraction of sp³-hybridized carbons (Fsp3) is 0.0625. The van der Waals surface area contributed by atoms with E-state index in [2.05, 4.69) is 123 Å². The van der Waals surface area contributed by atoms with E-state index in [0.717, 1.165) is 9.75 Å². The van der Waals surface area contributed by atoms with Crippen molar-refractivity contribution in [3.63, 3.8) is 0 Å². The molecule has 6 aromatic rings. The van der Waals surface area contributed by atoms with Crippen LogP contribution in [0.5, 0.6) is 0 Å². The van der Waals surface area contributed by atoms with Crippen LogP contribution in [-0.2, 0) is 0 Å². The molecular weight excluding hydrogens is 513 g/mol. The van der Waals surface area contributed by atoms with Crippen molar-refractivity contribution >= 4 is 88.5 Å². The van der Waals surface area contributed by atoms with Crippen LogP contribution in [0.2, 0.25) is 0 Å². The highest BCUT2D eigenvalue weighted by Crippen LogP contribution is 2.35. The van der Waals surface area contributed by atoms with E-state index < -0.39 is 0 Å². The molecule has 6 rings (SSSR count). The van der Waals surface area contributed by atoms with Crippen molar-refractivity contribution in [3.8, 4) is 11.8 Å². The number of rotatable bonds is 4. The molecule has 0 atom stereocenters. The molecule has 0 saturated heterocycles. The van der Waals surface area contributed by atoms with Crippen LogP contribution in [0, 0.1) is 25.7 Å². The Morgan fingerprint density at radius 2 is 0.861 bits per heavy atom. The summed E-state index contributed by atoms with van der Waals surface area (Å²) in [6, 6.07) is 26.2. The van der Waals surface area contributed by atoms with Crippen LogP contribution in [-0.4, -0.2) is 0 Å². The van der Waals surface area contributed by atoms with E-state index in [-0.39, 0.29) is 0 Å². The smallest absolute Gasteiger partial charge is 0.0793 e. The Balaban J connectivity index is 1.14. The lowest BCUT2D eigenvalue weighted by molar-refractivity contribution is 1.46. The van der Waals surface area contributed by atoms with E-state index in [1.807, 2.05) is 22.7 Å². The summed E-state index contributed by atoms with van der Waals surface area (Å²) in [4.78, 5) is 4.82. The van der Waals surface area contributed by atoms with E-state index >= 15 is 0 Å². The molecule has 0 unspecified atom stereocenters. The van der Waals surface area contributed by atoms with E-state index in [1.54, 1.807) is 22.7 Å². The maximum Gasteiger partial charge on any atom is 0.0793 e. The molecule has 0 aliphatic carbocycles. The first-order valence-corrected chi connectivity index (χ1v) is 14.9. The largest absolute Gasteiger partial charge is 0.135 e. The summed E-state index contributed by atoms with van der Waals surface area (Å²) in [5, 5.41) is 0. The van der Waals surface area contributed by atoms with Gasteiger partial charge in [0.05, 0.1) is 9.75 Å². The zero-order valence-corrected chi connectivity index (χ0v) is 23.1. The molecule has 0 amide bonds. The third-order valence-corrected chi connectivity index (χ3v) is 10.1. The molecule has 0 N–H and O–H groups in total. The normalized spacial score (nSPS) is 11.7. The Bertz CT molecular complexity index is 1590. The summed E-state index contributed by atoms with van der Waals surface area (Å²) in [5.41, 5.74) is 5.04. The first kappa shape index (κ1) is 23.2. The van der Waals surface area contributed by atoms with Gasteiger partial charge in [0.25, 0.3) is 0 Å². The number of aryl methyl sites for hydroxylation is 2. The molecule has 0 radical (unpaired) electrons. The van der Waals surface area contributed by atoms with Crippen molar-refractivity contribution in [2.45, 2.75) is 13.8 Å². The molecule has 0 aliphatic heterocycles. The summed E-state index contributed by atoms with van der Waals surface area (Å²) in [6.45, 7) is 4.23. The average Bonchev–Trinajstić information content (AvgIpc) is 3.61. The molecule has 0 saturated carbocycles. The van der Waals surface area contributed by atoms with Crippen LogP contribution in [0.3, 0.4) is 0 Å². The zero-order valence-electron chi connectivity index (χ0n) is 19.9. The number of thiophene rings is 4. The predicted molar refractivity (Wildman–Crippen MR) is 166 cm³/mol. The first-order chi connectivity index (χ1) is 17.6. The molecule has 4 heteroatoms. The summed E-state index contributed by atoms with van der Waals surface area (Å²) >= 11 is 7.21. The lowest BCUT2D eigenvalue weighted by atomic mass is 10.1. The average molecular weight is 535 g/mol.